The number of cyclic esters (lactones) is 3. The third-order valence-corrected chi connectivity index (χ3v) is 14.7. The van der Waals surface area contributed by atoms with Crippen molar-refractivity contribution in [3.8, 4) is 0 Å². The van der Waals surface area contributed by atoms with Crippen molar-refractivity contribution in [1.29, 1.82) is 0 Å². The fourth-order valence-electron chi connectivity index (χ4n) is 10.2. The van der Waals surface area contributed by atoms with Gasteiger partial charge in [0.1, 0.15) is 12.4 Å². The molecule has 1 aliphatic carbocycles. The molecular weight excluding hydrogens is 981 g/mol. The summed E-state index contributed by atoms with van der Waals surface area (Å²) in [6, 6.07) is 0. The van der Waals surface area contributed by atoms with Crippen molar-refractivity contribution >= 4 is 30.2 Å². The van der Waals surface area contributed by atoms with Crippen LogP contribution < -0.4 is 0 Å². The Morgan fingerprint density at radius 3 is 1.84 bits per heavy atom. The van der Waals surface area contributed by atoms with Gasteiger partial charge in [0.05, 0.1) is 6.10 Å². The van der Waals surface area contributed by atoms with Crippen LogP contribution in [0.15, 0.2) is 104 Å². The van der Waals surface area contributed by atoms with Crippen molar-refractivity contribution in [1.82, 2.24) is 0 Å². The van der Waals surface area contributed by atoms with Gasteiger partial charge in [-0.3, -0.25) is 9.59 Å². The summed E-state index contributed by atoms with van der Waals surface area (Å²) in [5.41, 5.74) is 10.5. The van der Waals surface area contributed by atoms with E-state index < -0.39 is 61.2 Å². The number of hydrogen-bond donors (Lipinski definition) is 4. The van der Waals surface area contributed by atoms with E-state index in [2.05, 4.69) is 83.1 Å². The Labute approximate surface area is 460 Å². The molecule has 0 aromatic carbocycles. The molecule has 0 aromatic heterocycles. The zero-order chi connectivity index (χ0) is 56.9. The molecule has 6 unspecified atom stereocenters. The van der Waals surface area contributed by atoms with Gasteiger partial charge in [-0.1, -0.05) is 130 Å². The molecule has 4 heterocycles. The van der Waals surface area contributed by atoms with Crippen molar-refractivity contribution in [2.75, 3.05) is 0 Å². The summed E-state index contributed by atoms with van der Waals surface area (Å²) < 4.78 is 24.8. The van der Waals surface area contributed by atoms with Crippen LogP contribution in [0, 0.1) is 5.41 Å². The van der Waals surface area contributed by atoms with Crippen LogP contribution in [0.2, 0.25) is 0 Å². The van der Waals surface area contributed by atoms with Gasteiger partial charge in [-0.15, -0.1) is 0 Å². The molecule has 430 valence electrons. The molecule has 4 aliphatic heterocycles. The van der Waals surface area contributed by atoms with E-state index in [1.807, 2.05) is 12.2 Å². The summed E-state index contributed by atoms with van der Waals surface area (Å²) in [4.78, 5) is 55.8. The molecule has 0 saturated heterocycles. The smallest absolute Gasteiger partial charge is 0.333 e. The molecule has 14 heteroatoms. The maximum atomic E-state index is 11.3. The maximum Gasteiger partial charge on any atom is 0.333 e. The fraction of sp³-hybridized carbons (Fsp3) is 0.635. The number of allylic oxidation sites excluding steroid dienone is 10. The van der Waals surface area contributed by atoms with Crippen molar-refractivity contribution in [3.05, 3.63) is 104 Å². The molecule has 0 saturated carbocycles. The van der Waals surface area contributed by atoms with Gasteiger partial charge in [-0.25, -0.2) is 14.4 Å². The largest absolute Gasteiger partial charge is 0.458 e. The molecule has 4 N–H and O–H groups in total. The minimum absolute atomic E-state index is 0.325. The monoisotopic (exact) mass is 1070 g/mol. The highest BCUT2D eigenvalue weighted by Crippen LogP contribution is 2.43. The van der Waals surface area contributed by atoms with Gasteiger partial charge in [0.15, 0.2) is 6.29 Å². The van der Waals surface area contributed by atoms with E-state index in [1.54, 1.807) is 11.1 Å². The van der Waals surface area contributed by atoms with Crippen molar-refractivity contribution < 1.29 is 68.1 Å². The van der Waals surface area contributed by atoms with Gasteiger partial charge < -0.3 is 44.1 Å². The summed E-state index contributed by atoms with van der Waals surface area (Å²) in [6.07, 6.45) is 33.7. The van der Waals surface area contributed by atoms with Crippen molar-refractivity contribution in [2.24, 2.45) is 5.41 Å². The molecule has 0 amide bonds. The number of carbonyl (C=O) groups excluding carboxylic acids is 5. The molecule has 0 bridgehead atoms. The molecule has 0 spiro atoms. The van der Waals surface area contributed by atoms with Crippen LogP contribution in [0.25, 0.3) is 0 Å². The lowest BCUT2D eigenvalue weighted by molar-refractivity contribution is -0.156. The molecule has 0 radical (unpaired) electrons. The molecule has 0 aromatic rings. The Morgan fingerprint density at radius 2 is 1.27 bits per heavy atom. The minimum Gasteiger partial charge on any atom is -0.458 e. The van der Waals surface area contributed by atoms with Crippen LogP contribution in [-0.4, -0.2) is 88.0 Å². The number of unbranched alkanes of at least 4 members (excludes halogenated alkanes) is 8. The predicted octanol–water partition coefficient (Wildman–Crippen LogP) is 12.7. The van der Waals surface area contributed by atoms with E-state index in [-0.39, 0.29) is 0 Å². The number of rotatable bonds is 29. The summed E-state index contributed by atoms with van der Waals surface area (Å²) in [5.74, 6) is -2.09. The van der Waals surface area contributed by atoms with Gasteiger partial charge in [-0.2, -0.15) is 0 Å². The van der Waals surface area contributed by atoms with Gasteiger partial charge in [0.25, 0.3) is 0 Å². The molecule has 6 atom stereocenters. The van der Waals surface area contributed by atoms with Crippen LogP contribution in [0.4, 0.5) is 0 Å². The quantitative estimate of drug-likeness (QED) is 0.0137. The lowest BCUT2D eigenvalue weighted by Gasteiger charge is -2.35. The Bertz CT molecular complexity index is 2230. The highest BCUT2D eigenvalue weighted by atomic mass is 16.7. The lowest BCUT2D eigenvalue weighted by atomic mass is 9.71. The predicted molar refractivity (Wildman–Crippen MR) is 299 cm³/mol. The van der Waals surface area contributed by atoms with E-state index in [1.165, 1.54) is 99.7 Å². The Kier molecular flexibility index (Phi) is 30.6. The van der Waals surface area contributed by atoms with Crippen LogP contribution >= 0.6 is 0 Å². The van der Waals surface area contributed by atoms with E-state index >= 15 is 0 Å². The van der Waals surface area contributed by atoms with Crippen molar-refractivity contribution in [3.63, 3.8) is 0 Å². The second kappa shape index (κ2) is 35.5. The molecule has 5 aliphatic rings. The third-order valence-electron chi connectivity index (χ3n) is 14.7. The average molecular weight is 1080 g/mol. The summed E-state index contributed by atoms with van der Waals surface area (Å²) in [5, 5.41) is 39.2. The highest BCUT2D eigenvalue weighted by molar-refractivity contribution is 5.86. The standard InChI is InChI=1S/C25H36O5.C20H28O4.C18H30O5/c1-16(10-12-20-17(2)8-6-14-25(20,3)4)7-5-9-18-11-13-21(29-23(18)27)19-15-22(26)30-24(19)28;1-15(2)7-4-8-16(3)9-5-10-17(14-21)11-6-12-18-13-19(22)24-20(18)23;1-3-4-5-6-7-8-9-10-11-12-16(22-14(2)19)15-13-17(20)23-18(15)21/h7,11,15,21,23-24,27-28H,5-6,8-10,12-14H2,1-4H3;7,9,11,13-14,20,23H,4-6,8,10,12H2,1-3H3;13,16,18,21H,3-12H2,1-2H3/b16-7+;16-9+,17-11-;. The third kappa shape index (κ3) is 25.6. The van der Waals surface area contributed by atoms with E-state index in [9.17, 15) is 44.4 Å². The highest BCUT2D eigenvalue weighted by Gasteiger charge is 2.35. The Hall–Kier alpha value is -4.99. The molecule has 77 heavy (non-hydrogen) atoms. The van der Waals surface area contributed by atoms with Crippen LogP contribution in [-0.2, 0) is 47.7 Å². The summed E-state index contributed by atoms with van der Waals surface area (Å²) in [6.45, 7) is 19.1. The second-order valence-corrected chi connectivity index (χ2v) is 22.0. The molecular formula is C63H94O14. The Balaban J connectivity index is 0.000000308. The van der Waals surface area contributed by atoms with Gasteiger partial charge >= 0.3 is 23.9 Å². The Morgan fingerprint density at radius 1 is 0.688 bits per heavy atom. The minimum atomic E-state index is -1.29. The summed E-state index contributed by atoms with van der Waals surface area (Å²) >= 11 is 0. The summed E-state index contributed by atoms with van der Waals surface area (Å²) in [7, 11) is 0. The van der Waals surface area contributed by atoms with Crippen LogP contribution in [0.5, 0.6) is 0 Å². The van der Waals surface area contributed by atoms with Crippen LogP contribution in [0.3, 0.4) is 0 Å². The number of esters is 4. The SMILES string of the molecule is CC(C)=CCC/C(C)=C/CC/C(C=O)=C/CCC1=CC(=O)OC1O.CC1=C(CC/C(C)=C/CCC2=CCC(C3=CC(=O)OC3O)OC2O)C(C)(C)CCC1.CCCCCCCCCCCC(OC(C)=O)C1=CC(=O)OC1O. The zero-order valence-electron chi connectivity index (χ0n) is 48.0. The second-order valence-electron chi connectivity index (χ2n) is 22.0. The zero-order valence-corrected chi connectivity index (χ0v) is 48.0. The first-order valence-electron chi connectivity index (χ1n) is 28.4. The fourth-order valence-corrected chi connectivity index (χ4v) is 10.2. The number of aliphatic hydroxyl groups excluding tert-OH is 4. The first-order valence-corrected chi connectivity index (χ1v) is 28.4. The van der Waals surface area contributed by atoms with E-state index in [4.69, 9.17) is 14.2 Å². The average Bonchev–Trinajstić information content (AvgIpc) is 4.01. The molecule has 14 nitrogen and oxygen atoms in total. The van der Waals surface area contributed by atoms with E-state index in [0.29, 0.717) is 54.2 Å². The maximum absolute atomic E-state index is 11.3. The van der Waals surface area contributed by atoms with Gasteiger partial charge in [0, 0.05) is 41.9 Å². The lowest BCUT2D eigenvalue weighted by Crippen LogP contribution is -2.32. The first-order chi connectivity index (χ1) is 36.6. The first kappa shape index (κ1) is 66.3. The van der Waals surface area contributed by atoms with Crippen molar-refractivity contribution in [2.45, 2.75) is 254 Å². The topological polar surface area (TPSA) is 212 Å². The number of hydrogen-bond acceptors (Lipinski definition) is 14. The van der Waals surface area contributed by atoms with Gasteiger partial charge in [0.2, 0.25) is 18.9 Å². The number of aliphatic hydroxyl groups is 4. The number of aldehydes is 1. The normalized spacial score (nSPS) is 22.7. The number of ether oxygens (including phenoxy) is 5. The van der Waals surface area contributed by atoms with Crippen LogP contribution in [0.1, 0.15) is 216 Å². The van der Waals surface area contributed by atoms with E-state index in [0.717, 1.165) is 81.6 Å². The van der Waals surface area contributed by atoms with Gasteiger partial charge in [-0.05, 0) is 154 Å². The molecule has 0 fully saturated rings. The number of carbonyl (C=O) groups is 5. The molecule has 5 rings (SSSR count).